The summed E-state index contributed by atoms with van der Waals surface area (Å²) in [4.78, 5) is 12.3. The lowest BCUT2D eigenvalue weighted by molar-refractivity contribution is -0.346. The van der Waals surface area contributed by atoms with Crippen molar-refractivity contribution in [3.8, 4) is 0 Å². The Labute approximate surface area is 266 Å². The molecular formula is C31H55BO13. The molecule has 13 nitrogen and oxygen atoms in total. The second-order valence-electron chi connectivity index (χ2n) is 13.4. The molecule has 2 aliphatic heterocycles. The maximum Gasteiger partial charge on any atom is 0.332 e. The summed E-state index contributed by atoms with van der Waals surface area (Å²) in [5.74, 6) is -0.890. The van der Waals surface area contributed by atoms with Crippen LogP contribution in [-0.2, 0) is 33.1 Å². The van der Waals surface area contributed by atoms with Crippen molar-refractivity contribution in [2.24, 2.45) is 11.8 Å². The minimum Gasteiger partial charge on any atom is -0.479 e. The fourth-order valence-corrected chi connectivity index (χ4v) is 7.47. The van der Waals surface area contributed by atoms with Gasteiger partial charge in [0.05, 0.1) is 24.9 Å². The zero-order valence-corrected chi connectivity index (χ0v) is 26.9. The Morgan fingerprint density at radius 3 is 2.24 bits per heavy atom. The number of carboxylic acid groups (broad SMARTS) is 1. The van der Waals surface area contributed by atoms with E-state index >= 15 is 0 Å². The molecule has 2 saturated carbocycles. The third-order valence-electron chi connectivity index (χ3n) is 10.2. The van der Waals surface area contributed by atoms with Crippen molar-refractivity contribution in [2.45, 2.75) is 171 Å². The van der Waals surface area contributed by atoms with E-state index in [0.29, 0.717) is 12.8 Å². The summed E-state index contributed by atoms with van der Waals surface area (Å²) in [7, 11) is 1.41. The molecule has 0 aromatic heterocycles. The highest BCUT2D eigenvalue weighted by molar-refractivity contribution is 5.98. The van der Waals surface area contributed by atoms with Gasteiger partial charge in [0.2, 0.25) is 0 Å². The SMILES string of the molecule is BOC1C(O[C@@H](CC2CCCCC2)C(=O)O)[C@@H](O)C(CO)O[C@H]1OC1CCCC(CCCC)C1O[C@@H]1OC(C)C(O)C(O)C1O. The highest BCUT2D eigenvalue weighted by Crippen LogP contribution is 2.38. The standard InChI is InChI=1S/C31H55BO13/c1-3-4-11-18-12-8-13-19(26(18)44-30-25(37)24(36)22(34)16(2)40-30)42-31-28(45-32)27(23(35)21(15-33)43-31)41-20(29(38)39)14-17-9-6-5-7-10-17/h16-28,30-31,33-37H,3-15,32H2,1-2H3,(H,38,39)/t16?,18?,19?,20-,21?,22?,23-,24?,25?,26?,27?,28?,30-,31+/m0/s1. The predicted molar refractivity (Wildman–Crippen MR) is 162 cm³/mol. The van der Waals surface area contributed by atoms with Crippen molar-refractivity contribution in [2.75, 3.05) is 6.61 Å². The van der Waals surface area contributed by atoms with Gasteiger partial charge < -0.3 is 59.0 Å². The Kier molecular flexibility index (Phi) is 14.3. The van der Waals surface area contributed by atoms with Crippen LogP contribution in [0.1, 0.15) is 90.9 Å². The summed E-state index contributed by atoms with van der Waals surface area (Å²) in [5, 5.41) is 62.6. The predicted octanol–water partition coefficient (Wildman–Crippen LogP) is 0.395. The molecule has 14 heteroatoms. The van der Waals surface area contributed by atoms with Gasteiger partial charge in [-0.15, -0.1) is 0 Å². The quantitative estimate of drug-likeness (QED) is 0.142. The molecule has 4 aliphatic rings. The first kappa shape index (κ1) is 36.9. The fourth-order valence-electron chi connectivity index (χ4n) is 7.47. The van der Waals surface area contributed by atoms with Gasteiger partial charge in [0, 0.05) is 0 Å². The van der Waals surface area contributed by atoms with E-state index in [9.17, 15) is 35.4 Å². The Balaban J connectivity index is 1.54. The van der Waals surface area contributed by atoms with E-state index in [2.05, 4.69) is 6.92 Å². The molecule has 0 aromatic rings. The van der Waals surface area contributed by atoms with Crippen LogP contribution in [0.15, 0.2) is 0 Å². The number of aliphatic carboxylic acids is 1. The first-order chi connectivity index (χ1) is 21.6. The van der Waals surface area contributed by atoms with Crippen molar-refractivity contribution < 1.29 is 63.8 Å². The second kappa shape index (κ2) is 17.5. The van der Waals surface area contributed by atoms with Gasteiger partial charge in [-0.25, -0.2) is 4.79 Å². The topological polar surface area (TPSA) is 194 Å². The monoisotopic (exact) mass is 646 g/mol. The molecule has 2 aliphatic carbocycles. The molecule has 6 N–H and O–H groups in total. The van der Waals surface area contributed by atoms with Gasteiger partial charge in [-0.05, 0) is 44.4 Å². The lowest BCUT2D eigenvalue weighted by atomic mass is 9.81. The number of carboxylic acids is 1. The van der Waals surface area contributed by atoms with Crippen LogP contribution in [0.2, 0.25) is 0 Å². The lowest BCUT2D eigenvalue weighted by Gasteiger charge is -2.48. The molecule has 260 valence electrons. The molecule has 2 saturated heterocycles. The molecule has 10 unspecified atom stereocenters. The molecule has 0 radical (unpaired) electrons. The van der Waals surface area contributed by atoms with Crippen LogP contribution in [-0.4, -0.2) is 131 Å². The molecule has 0 bridgehead atoms. The van der Waals surface area contributed by atoms with E-state index in [-0.39, 0.29) is 11.8 Å². The number of hydrogen-bond acceptors (Lipinski definition) is 12. The number of carbonyl (C=O) groups is 1. The summed E-state index contributed by atoms with van der Waals surface area (Å²) in [6, 6.07) is 0. The van der Waals surface area contributed by atoms with E-state index in [1.165, 1.54) is 8.05 Å². The average molecular weight is 647 g/mol. The van der Waals surface area contributed by atoms with Gasteiger partial charge in [-0.1, -0.05) is 58.3 Å². The van der Waals surface area contributed by atoms with Crippen LogP contribution < -0.4 is 0 Å². The van der Waals surface area contributed by atoms with E-state index in [0.717, 1.165) is 64.2 Å². The van der Waals surface area contributed by atoms with Crippen LogP contribution in [0.4, 0.5) is 0 Å². The first-order valence-electron chi connectivity index (χ1n) is 17.0. The third kappa shape index (κ3) is 9.17. The number of ether oxygens (including phenoxy) is 5. The Morgan fingerprint density at radius 1 is 0.867 bits per heavy atom. The molecule has 2 heterocycles. The second-order valence-corrected chi connectivity index (χ2v) is 13.4. The first-order valence-corrected chi connectivity index (χ1v) is 17.0. The largest absolute Gasteiger partial charge is 0.479 e. The van der Waals surface area contributed by atoms with Gasteiger partial charge in [0.15, 0.2) is 18.7 Å². The normalized spacial score (nSPS) is 42.3. The van der Waals surface area contributed by atoms with E-state index in [1.807, 2.05) is 0 Å². The molecule has 4 fully saturated rings. The van der Waals surface area contributed by atoms with Gasteiger partial charge >= 0.3 is 5.97 Å². The van der Waals surface area contributed by atoms with Gasteiger partial charge in [0.25, 0.3) is 8.05 Å². The van der Waals surface area contributed by atoms with Crippen molar-refractivity contribution in [3.05, 3.63) is 0 Å². The van der Waals surface area contributed by atoms with Crippen LogP contribution in [0.25, 0.3) is 0 Å². The Morgan fingerprint density at radius 2 is 1.60 bits per heavy atom. The van der Waals surface area contributed by atoms with Gasteiger partial charge in [-0.3, -0.25) is 0 Å². The molecular weight excluding hydrogens is 591 g/mol. The van der Waals surface area contributed by atoms with Crippen molar-refractivity contribution in [1.29, 1.82) is 0 Å². The minimum atomic E-state index is -1.48. The zero-order chi connectivity index (χ0) is 32.7. The zero-order valence-electron chi connectivity index (χ0n) is 26.9. The number of unbranched alkanes of at least 4 members (excludes halogenated alkanes) is 1. The molecule has 0 spiro atoms. The minimum absolute atomic E-state index is 0.0292. The number of aliphatic hydroxyl groups excluding tert-OH is 5. The van der Waals surface area contributed by atoms with Crippen molar-refractivity contribution >= 4 is 14.0 Å². The van der Waals surface area contributed by atoms with E-state index in [1.54, 1.807) is 6.92 Å². The van der Waals surface area contributed by atoms with Crippen molar-refractivity contribution in [1.82, 2.24) is 0 Å². The maximum absolute atomic E-state index is 12.3. The summed E-state index contributed by atoms with van der Waals surface area (Å²) in [6.45, 7) is 3.14. The Bertz CT molecular complexity index is 894. The fraction of sp³-hybridized carbons (Fsp3) is 0.968. The highest BCUT2D eigenvalue weighted by atomic mass is 16.7. The van der Waals surface area contributed by atoms with Crippen LogP contribution in [0.5, 0.6) is 0 Å². The smallest absolute Gasteiger partial charge is 0.332 e. The summed E-state index contributed by atoms with van der Waals surface area (Å²) in [5.41, 5.74) is 0. The van der Waals surface area contributed by atoms with Crippen LogP contribution in [0.3, 0.4) is 0 Å². The van der Waals surface area contributed by atoms with Gasteiger partial charge in [-0.2, -0.15) is 0 Å². The summed E-state index contributed by atoms with van der Waals surface area (Å²) < 4.78 is 36.6. The molecule has 4 rings (SSSR count). The average Bonchev–Trinajstić information content (AvgIpc) is 3.03. The molecule has 0 aromatic carbocycles. The van der Waals surface area contributed by atoms with Crippen LogP contribution >= 0.6 is 0 Å². The molecule has 0 amide bonds. The number of rotatable bonds is 14. The molecule has 14 atom stereocenters. The Hall–Kier alpha value is -0.905. The summed E-state index contributed by atoms with van der Waals surface area (Å²) in [6.07, 6.45) is -3.98. The summed E-state index contributed by atoms with van der Waals surface area (Å²) >= 11 is 0. The highest BCUT2D eigenvalue weighted by Gasteiger charge is 2.51. The van der Waals surface area contributed by atoms with Crippen molar-refractivity contribution in [3.63, 3.8) is 0 Å². The maximum atomic E-state index is 12.3. The van der Waals surface area contributed by atoms with E-state index in [4.69, 9.17) is 28.3 Å². The number of aliphatic hydroxyl groups is 5. The third-order valence-corrected chi connectivity index (χ3v) is 10.2. The van der Waals surface area contributed by atoms with Gasteiger partial charge in [0.1, 0.15) is 42.7 Å². The lowest BCUT2D eigenvalue weighted by Crippen LogP contribution is -2.63. The number of hydrogen-bond donors (Lipinski definition) is 6. The molecule has 45 heavy (non-hydrogen) atoms. The van der Waals surface area contributed by atoms with E-state index < -0.39 is 92.3 Å². The van der Waals surface area contributed by atoms with Crippen LogP contribution in [0, 0.1) is 11.8 Å².